The lowest BCUT2D eigenvalue weighted by Gasteiger charge is -2.16. The minimum absolute atomic E-state index is 0.267. The molecule has 0 aliphatic heterocycles. The minimum Gasteiger partial charge on any atom is -0.201 e. The molecule has 16 heavy (non-hydrogen) atoms. The van der Waals surface area contributed by atoms with Crippen molar-refractivity contribution in [1.82, 2.24) is 9.44 Å². The lowest BCUT2D eigenvalue weighted by molar-refractivity contribution is -0.121. The molecule has 0 radical (unpaired) electrons. The number of nitrogens with one attached hydrogen (secondary N) is 2. The van der Waals surface area contributed by atoms with Crippen molar-refractivity contribution in [1.29, 1.82) is 5.26 Å². The monoisotopic (exact) mass is 259 g/mol. The van der Waals surface area contributed by atoms with Crippen LogP contribution >= 0.6 is 0 Å². The lowest BCUT2D eigenvalue weighted by atomic mass is 9.97. The van der Waals surface area contributed by atoms with Crippen LogP contribution in [0.25, 0.3) is 0 Å². The summed E-state index contributed by atoms with van der Waals surface area (Å²) in [5.74, 6) is 0. The summed E-state index contributed by atoms with van der Waals surface area (Å²) in [6, 6.07) is 1.81. The Labute approximate surface area is 91.8 Å². The number of nitriles is 1. The molecular formula is C7H12F3N3O2S. The molecule has 0 aromatic carbocycles. The van der Waals surface area contributed by atoms with E-state index in [0.29, 0.717) is 0 Å². The fourth-order valence-electron chi connectivity index (χ4n) is 0.543. The van der Waals surface area contributed by atoms with Crippen LogP contribution in [0.1, 0.15) is 13.8 Å². The molecule has 94 valence electrons. The molecule has 0 fully saturated rings. The Morgan fingerprint density at radius 2 is 1.62 bits per heavy atom. The van der Waals surface area contributed by atoms with E-state index in [1.54, 1.807) is 0 Å². The quantitative estimate of drug-likeness (QED) is 0.755. The topological polar surface area (TPSA) is 82.0 Å². The Morgan fingerprint density at radius 1 is 1.19 bits per heavy atom. The molecule has 5 nitrogen and oxygen atoms in total. The molecule has 0 rings (SSSR count). The van der Waals surface area contributed by atoms with Gasteiger partial charge in [-0.2, -0.15) is 31.6 Å². The number of halogens is 3. The van der Waals surface area contributed by atoms with Gasteiger partial charge >= 0.3 is 6.18 Å². The molecule has 0 saturated carbocycles. The summed E-state index contributed by atoms with van der Waals surface area (Å²) < 4.78 is 60.4. The van der Waals surface area contributed by atoms with Crippen molar-refractivity contribution in [2.75, 3.05) is 13.1 Å². The van der Waals surface area contributed by atoms with E-state index in [-0.39, 0.29) is 6.54 Å². The van der Waals surface area contributed by atoms with Gasteiger partial charge in [-0.15, -0.1) is 0 Å². The van der Waals surface area contributed by atoms with Gasteiger partial charge in [-0.25, -0.2) is 4.72 Å². The molecule has 0 atom stereocenters. The molecule has 0 spiro atoms. The summed E-state index contributed by atoms with van der Waals surface area (Å²) in [7, 11) is -4.23. The van der Waals surface area contributed by atoms with E-state index in [1.165, 1.54) is 18.6 Å². The highest BCUT2D eigenvalue weighted by Gasteiger charge is 2.30. The van der Waals surface area contributed by atoms with Gasteiger partial charge in [0.25, 0.3) is 10.2 Å². The van der Waals surface area contributed by atoms with Gasteiger partial charge < -0.3 is 0 Å². The summed E-state index contributed by atoms with van der Waals surface area (Å²) in [5, 5.41) is 8.56. The number of hydrogen-bond donors (Lipinski definition) is 2. The third-order valence-electron chi connectivity index (χ3n) is 1.47. The maximum absolute atomic E-state index is 11.7. The largest absolute Gasteiger partial charge is 0.402 e. The first-order valence-corrected chi connectivity index (χ1v) is 5.68. The average Bonchev–Trinajstić information content (AvgIpc) is 2.12. The van der Waals surface area contributed by atoms with E-state index in [0.717, 1.165) is 0 Å². The van der Waals surface area contributed by atoms with Crippen LogP contribution in [0.2, 0.25) is 0 Å². The van der Waals surface area contributed by atoms with Gasteiger partial charge in [-0.3, -0.25) is 0 Å². The van der Waals surface area contributed by atoms with Crippen molar-refractivity contribution in [3.63, 3.8) is 0 Å². The molecule has 0 amide bonds. The SMILES string of the molecule is CC(C)(C#N)CNS(=O)(=O)NCC(F)(F)F. The Balaban J connectivity index is 4.24. The van der Waals surface area contributed by atoms with Crippen LogP contribution < -0.4 is 9.44 Å². The lowest BCUT2D eigenvalue weighted by Crippen LogP contribution is -2.44. The zero-order valence-corrected chi connectivity index (χ0v) is 9.54. The fraction of sp³-hybridized carbons (Fsp3) is 0.857. The molecule has 0 bridgehead atoms. The minimum atomic E-state index is -4.61. The molecule has 0 unspecified atom stereocenters. The molecule has 0 aromatic heterocycles. The van der Waals surface area contributed by atoms with E-state index in [1.807, 2.05) is 10.8 Å². The first-order chi connectivity index (χ1) is 6.97. The molecule has 9 heteroatoms. The summed E-state index contributed by atoms with van der Waals surface area (Å²) in [6.07, 6.45) is -4.61. The van der Waals surface area contributed by atoms with Gasteiger partial charge in [0, 0.05) is 6.54 Å². The van der Waals surface area contributed by atoms with Crippen LogP contribution in [0.15, 0.2) is 0 Å². The first-order valence-electron chi connectivity index (χ1n) is 4.20. The molecule has 0 saturated heterocycles. The second kappa shape index (κ2) is 4.99. The summed E-state index contributed by atoms with van der Waals surface area (Å²) >= 11 is 0. The summed E-state index contributed by atoms with van der Waals surface area (Å²) in [6.45, 7) is 1.00. The number of nitrogens with zero attached hydrogens (tertiary/aromatic N) is 1. The zero-order valence-electron chi connectivity index (χ0n) is 8.72. The Hall–Kier alpha value is -0.850. The molecule has 0 aromatic rings. The Morgan fingerprint density at radius 3 is 2.00 bits per heavy atom. The van der Waals surface area contributed by atoms with Gasteiger partial charge in [-0.05, 0) is 13.8 Å². The maximum atomic E-state index is 11.7. The van der Waals surface area contributed by atoms with Crippen LogP contribution in [0.5, 0.6) is 0 Å². The maximum Gasteiger partial charge on any atom is 0.402 e. The van der Waals surface area contributed by atoms with E-state index < -0.39 is 28.3 Å². The highest BCUT2D eigenvalue weighted by atomic mass is 32.2. The van der Waals surface area contributed by atoms with Crippen molar-refractivity contribution in [3.8, 4) is 6.07 Å². The second-order valence-corrected chi connectivity index (χ2v) is 5.34. The van der Waals surface area contributed by atoms with Gasteiger partial charge in [0.1, 0.15) is 6.54 Å². The Bertz CT molecular complexity index is 369. The predicted molar refractivity (Wildman–Crippen MR) is 50.4 cm³/mol. The van der Waals surface area contributed by atoms with E-state index >= 15 is 0 Å². The van der Waals surface area contributed by atoms with Crippen molar-refractivity contribution in [2.24, 2.45) is 5.41 Å². The molecule has 0 aliphatic carbocycles. The smallest absolute Gasteiger partial charge is 0.201 e. The normalized spacial score (nSPS) is 13.5. The highest BCUT2D eigenvalue weighted by Crippen LogP contribution is 2.13. The van der Waals surface area contributed by atoms with Crippen LogP contribution in [-0.4, -0.2) is 27.7 Å². The van der Waals surface area contributed by atoms with Crippen LogP contribution in [0, 0.1) is 16.7 Å². The molecular weight excluding hydrogens is 247 g/mol. The third kappa shape index (κ3) is 7.44. The standard InChI is InChI=1S/C7H12F3N3O2S/c1-6(2,3-11)4-12-16(14,15)13-5-7(8,9)10/h12-13H,4-5H2,1-2H3. The Kier molecular flexibility index (Phi) is 4.72. The number of alkyl halides is 3. The summed E-state index contributed by atoms with van der Waals surface area (Å²) in [5.41, 5.74) is -0.979. The fourth-order valence-corrected chi connectivity index (χ4v) is 1.55. The van der Waals surface area contributed by atoms with E-state index in [9.17, 15) is 21.6 Å². The van der Waals surface area contributed by atoms with Gasteiger partial charge in [0.2, 0.25) is 0 Å². The first kappa shape index (κ1) is 15.2. The molecule has 0 heterocycles. The third-order valence-corrected chi connectivity index (χ3v) is 2.52. The van der Waals surface area contributed by atoms with Gasteiger partial charge in [0.05, 0.1) is 11.5 Å². The van der Waals surface area contributed by atoms with Crippen molar-refractivity contribution < 1.29 is 21.6 Å². The van der Waals surface area contributed by atoms with Crippen LogP contribution in [0.3, 0.4) is 0 Å². The highest BCUT2D eigenvalue weighted by molar-refractivity contribution is 7.87. The average molecular weight is 259 g/mol. The van der Waals surface area contributed by atoms with E-state index in [2.05, 4.69) is 0 Å². The molecule has 0 aliphatic rings. The molecule has 2 N–H and O–H groups in total. The van der Waals surface area contributed by atoms with Crippen molar-refractivity contribution in [2.45, 2.75) is 20.0 Å². The van der Waals surface area contributed by atoms with Gasteiger partial charge in [-0.1, -0.05) is 0 Å². The van der Waals surface area contributed by atoms with Crippen molar-refractivity contribution >= 4 is 10.2 Å². The van der Waals surface area contributed by atoms with E-state index in [4.69, 9.17) is 5.26 Å². The predicted octanol–water partition coefficient (Wildman–Crippen LogP) is 0.522. The second-order valence-electron chi connectivity index (χ2n) is 3.76. The number of rotatable bonds is 5. The number of hydrogen-bond acceptors (Lipinski definition) is 3. The van der Waals surface area contributed by atoms with Crippen molar-refractivity contribution in [3.05, 3.63) is 0 Å². The van der Waals surface area contributed by atoms with Crippen LogP contribution in [0.4, 0.5) is 13.2 Å². The van der Waals surface area contributed by atoms with Crippen LogP contribution in [-0.2, 0) is 10.2 Å². The zero-order chi connectivity index (χ0) is 13.0. The summed E-state index contributed by atoms with van der Waals surface area (Å²) in [4.78, 5) is 0. The van der Waals surface area contributed by atoms with Gasteiger partial charge in [0.15, 0.2) is 0 Å².